The zero-order chi connectivity index (χ0) is 21.3. The number of halogens is 1. The summed E-state index contributed by atoms with van der Waals surface area (Å²) in [7, 11) is 0. The van der Waals surface area contributed by atoms with E-state index in [2.05, 4.69) is 15.8 Å². The molecule has 30 heavy (non-hydrogen) atoms. The largest absolute Gasteiger partial charge is 0.484 e. The fourth-order valence-corrected chi connectivity index (χ4v) is 2.78. The number of benzene rings is 3. The van der Waals surface area contributed by atoms with Crippen LogP contribution in [0.1, 0.15) is 21.5 Å². The minimum absolute atomic E-state index is 0.148. The van der Waals surface area contributed by atoms with Gasteiger partial charge in [0.25, 0.3) is 11.8 Å². The highest BCUT2D eigenvalue weighted by Crippen LogP contribution is 2.20. The molecule has 0 saturated heterocycles. The number of hydrogen-bond acceptors (Lipinski definition) is 4. The molecular formula is C23H20ClN3O3. The summed E-state index contributed by atoms with van der Waals surface area (Å²) in [5, 5.41) is 7.13. The van der Waals surface area contributed by atoms with E-state index in [1.54, 1.807) is 60.7 Å². The van der Waals surface area contributed by atoms with E-state index in [9.17, 15) is 9.59 Å². The second-order valence-corrected chi connectivity index (χ2v) is 6.81. The molecule has 2 N–H and O–H groups in total. The number of rotatable bonds is 7. The molecule has 6 nitrogen and oxygen atoms in total. The molecule has 0 spiro atoms. The van der Waals surface area contributed by atoms with Gasteiger partial charge in [0.05, 0.1) is 16.9 Å². The average molecular weight is 422 g/mol. The normalized spacial score (nSPS) is 10.6. The van der Waals surface area contributed by atoms with E-state index in [0.717, 1.165) is 11.1 Å². The molecule has 0 aliphatic rings. The fourth-order valence-electron chi connectivity index (χ4n) is 2.60. The van der Waals surface area contributed by atoms with E-state index in [0.29, 0.717) is 22.0 Å². The van der Waals surface area contributed by atoms with Crippen LogP contribution in [0, 0.1) is 6.92 Å². The number of anilines is 1. The maximum atomic E-state index is 12.1. The van der Waals surface area contributed by atoms with Crippen molar-refractivity contribution in [2.75, 3.05) is 11.9 Å². The van der Waals surface area contributed by atoms with Crippen LogP contribution in [0.4, 0.5) is 5.69 Å². The summed E-state index contributed by atoms with van der Waals surface area (Å²) < 4.78 is 5.48. The predicted molar refractivity (Wildman–Crippen MR) is 118 cm³/mol. The van der Waals surface area contributed by atoms with Gasteiger partial charge < -0.3 is 10.1 Å². The summed E-state index contributed by atoms with van der Waals surface area (Å²) in [5.74, 6) is -0.0492. The van der Waals surface area contributed by atoms with Crippen LogP contribution >= 0.6 is 11.6 Å². The molecule has 0 unspecified atom stereocenters. The Morgan fingerprint density at radius 3 is 2.43 bits per heavy atom. The number of aryl methyl sites for hydroxylation is 1. The Hall–Kier alpha value is -3.64. The van der Waals surface area contributed by atoms with Gasteiger partial charge in [0.2, 0.25) is 0 Å². The van der Waals surface area contributed by atoms with Gasteiger partial charge in [-0.2, -0.15) is 5.10 Å². The van der Waals surface area contributed by atoms with E-state index in [4.69, 9.17) is 16.3 Å². The Morgan fingerprint density at radius 1 is 1.00 bits per heavy atom. The third-order valence-corrected chi connectivity index (χ3v) is 4.50. The van der Waals surface area contributed by atoms with Crippen molar-refractivity contribution in [3.63, 3.8) is 0 Å². The fraction of sp³-hybridized carbons (Fsp3) is 0.0870. The number of hydrogen-bond donors (Lipinski definition) is 2. The smallest absolute Gasteiger partial charge is 0.271 e. The van der Waals surface area contributed by atoms with Gasteiger partial charge in [-0.3, -0.25) is 9.59 Å². The Morgan fingerprint density at radius 2 is 1.70 bits per heavy atom. The van der Waals surface area contributed by atoms with Crippen molar-refractivity contribution in [2.24, 2.45) is 5.10 Å². The molecule has 152 valence electrons. The number of hydrazone groups is 1. The van der Waals surface area contributed by atoms with Crippen molar-refractivity contribution in [1.82, 2.24) is 5.43 Å². The first-order valence-electron chi connectivity index (χ1n) is 9.19. The van der Waals surface area contributed by atoms with Gasteiger partial charge >= 0.3 is 0 Å². The highest BCUT2D eigenvalue weighted by atomic mass is 35.5. The first-order valence-corrected chi connectivity index (χ1v) is 9.57. The quantitative estimate of drug-likeness (QED) is 0.437. The standard InChI is InChI=1S/C23H20ClN3O3/c1-16-6-2-3-7-19(16)23(29)27-25-14-17-10-12-18(13-11-17)30-15-22(28)26-21-9-5-4-8-20(21)24/h2-14H,15H2,1H3,(H,26,28)(H,27,29)/b25-14-. The zero-order valence-corrected chi connectivity index (χ0v) is 17.0. The monoisotopic (exact) mass is 421 g/mol. The number of para-hydroxylation sites is 1. The lowest BCUT2D eigenvalue weighted by molar-refractivity contribution is -0.118. The first kappa shape index (κ1) is 21.1. The minimum atomic E-state index is -0.312. The van der Waals surface area contributed by atoms with Gasteiger partial charge in [-0.05, 0) is 60.5 Å². The second kappa shape index (κ2) is 10.2. The van der Waals surface area contributed by atoms with Crippen molar-refractivity contribution in [2.45, 2.75) is 6.92 Å². The molecule has 0 heterocycles. The van der Waals surface area contributed by atoms with Gasteiger partial charge in [0.15, 0.2) is 6.61 Å². The number of carbonyl (C=O) groups is 2. The van der Waals surface area contributed by atoms with Crippen molar-refractivity contribution in [3.05, 3.63) is 94.5 Å². The van der Waals surface area contributed by atoms with Crippen molar-refractivity contribution < 1.29 is 14.3 Å². The molecule has 0 atom stereocenters. The average Bonchev–Trinajstić information content (AvgIpc) is 2.75. The van der Waals surface area contributed by atoms with Gasteiger partial charge in [0.1, 0.15) is 5.75 Å². The second-order valence-electron chi connectivity index (χ2n) is 6.40. The lowest BCUT2D eigenvalue weighted by Crippen LogP contribution is -2.20. The predicted octanol–water partition coefficient (Wildman–Crippen LogP) is 4.43. The number of amides is 2. The zero-order valence-electron chi connectivity index (χ0n) is 16.3. The number of nitrogens with zero attached hydrogens (tertiary/aromatic N) is 1. The molecule has 0 bridgehead atoms. The molecule has 0 aromatic heterocycles. The van der Waals surface area contributed by atoms with Crippen LogP contribution in [-0.4, -0.2) is 24.6 Å². The lowest BCUT2D eigenvalue weighted by atomic mass is 10.1. The van der Waals surface area contributed by atoms with E-state index in [-0.39, 0.29) is 18.4 Å². The molecule has 7 heteroatoms. The number of carbonyl (C=O) groups excluding carboxylic acids is 2. The van der Waals surface area contributed by atoms with E-state index >= 15 is 0 Å². The number of ether oxygens (including phenoxy) is 1. The van der Waals surface area contributed by atoms with Crippen LogP contribution in [0.2, 0.25) is 5.02 Å². The summed E-state index contributed by atoms with van der Waals surface area (Å²) in [6, 6.07) is 21.2. The highest BCUT2D eigenvalue weighted by molar-refractivity contribution is 6.33. The maximum absolute atomic E-state index is 12.1. The summed E-state index contributed by atoms with van der Waals surface area (Å²) in [4.78, 5) is 24.1. The summed E-state index contributed by atoms with van der Waals surface area (Å²) >= 11 is 6.01. The van der Waals surface area contributed by atoms with Gasteiger partial charge in [0, 0.05) is 5.56 Å². The molecule has 0 fully saturated rings. The first-order chi connectivity index (χ1) is 14.5. The summed E-state index contributed by atoms with van der Waals surface area (Å²) in [5.41, 5.74) is 5.27. The van der Waals surface area contributed by atoms with Gasteiger partial charge in [-0.15, -0.1) is 0 Å². The highest BCUT2D eigenvalue weighted by Gasteiger charge is 2.07. The summed E-state index contributed by atoms with van der Waals surface area (Å²) in [6.07, 6.45) is 1.53. The van der Waals surface area contributed by atoms with Crippen LogP contribution in [0.3, 0.4) is 0 Å². The van der Waals surface area contributed by atoms with Gasteiger partial charge in [-0.25, -0.2) is 5.43 Å². The van der Waals surface area contributed by atoms with Crippen LogP contribution in [0.15, 0.2) is 77.9 Å². The van der Waals surface area contributed by atoms with E-state index in [1.807, 2.05) is 19.1 Å². The maximum Gasteiger partial charge on any atom is 0.271 e. The Balaban J connectivity index is 1.48. The minimum Gasteiger partial charge on any atom is -0.484 e. The van der Waals surface area contributed by atoms with Crippen LogP contribution in [0.25, 0.3) is 0 Å². The Kier molecular flexibility index (Phi) is 7.19. The molecule has 2 amide bonds. The molecule has 3 rings (SSSR count). The molecule has 0 saturated carbocycles. The molecule has 3 aromatic carbocycles. The SMILES string of the molecule is Cc1ccccc1C(=O)N/N=C\c1ccc(OCC(=O)Nc2ccccc2Cl)cc1. The topological polar surface area (TPSA) is 79.8 Å². The Labute approximate surface area is 179 Å². The van der Waals surface area contributed by atoms with Gasteiger partial charge in [-0.1, -0.05) is 41.9 Å². The van der Waals surface area contributed by atoms with Crippen LogP contribution in [0.5, 0.6) is 5.75 Å². The lowest BCUT2D eigenvalue weighted by Gasteiger charge is -2.08. The van der Waals surface area contributed by atoms with Crippen molar-refractivity contribution in [3.8, 4) is 5.75 Å². The van der Waals surface area contributed by atoms with E-state index < -0.39 is 0 Å². The summed E-state index contributed by atoms with van der Waals surface area (Å²) in [6.45, 7) is 1.72. The molecule has 0 aliphatic carbocycles. The molecule has 3 aromatic rings. The molecular weight excluding hydrogens is 402 g/mol. The van der Waals surface area contributed by atoms with Crippen LogP contribution < -0.4 is 15.5 Å². The molecule has 0 radical (unpaired) electrons. The Bertz CT molecular complexity index is 1070. The van der Waals surface area contributed by atoms with Crippen molar-refractivity contribution in [1.29, 1.82) is 0 Å². The van der Waals surface area contributed by atoms with Crippen molar-refractivity contribution >= 4 is 35.3 Å². The number of nitrogens with one attached hydrogen (secondary N) is 2. The third kappa shape index (κ3) is 5.93. The van der Waals surface area contributed by atoms with E-state index in [1.165, 1.54) is 6.21 Å². The molecule has 0 aliphatic heterocycles. The third-order valence-electron chi connectivity index (χ3n) is 4.17. The van der Waals surface area contributed by atoms with Crippen LogP contribution in [-0.2, 0) is 4.79 Å².